The third-order valence-corrected chi connectivity index (χ3v) is 2.17. The van der Waals surface area contributed by atoms with E-state index in [0.29, 0.717) is 5.69 Å². The van der Waals surface area contributed by atoms with Gasteiger partial charge in [-0.05, 0) is 18.2 Å². The maximum atomic E-state index is 11.4. The van der Waals surface area contributed by atoms with E-state index in [2.05, 4.69) is 10.4 Å². The summed E-state index contributed by atoms with van der Waals surface area (Å²) in [5, 5.41) is 15.2. The van der Waals surface area contributed by atoms with Crippen molar-refractivity contribution in [2.24, 2.45) is 0 Å². The fourth-order valence-electron chi connectivity index (χ4n) is 1.46. The van der Waals surface area contributed by atoms with Crippen LogP contribution in [0.2, 0.25) is 0 Å². The summed E-state index contributed by atoms with van der Waals surface area (Å²) in [6.45, 7) is 0. The first-order chi connectivity index (χ1) is 8.31. The zero-order valence-electron chi connectivity index (χ0n) is 9.00. The molecule has 1 N–H and O–H groups in total. The number of para-hydroxylation sites is 2. The van der Waals surface area contributed by atoms with E-state index in [1.54, 1.807) is 29.2 Å². The Kier molecular flexibility index (Phi) is 3.17. The number of carbonyl (C=O) groups is 1. The molecule has 1 heterocycles. The van der Waals surface area contributed by atoms with Crippen LogP contribution in [0.25, 0.3) is 5.69 Å². The van der Waals surface area contributed by atoms with Crippen LogP contribution in [0, 0.1) is 11.3 Å². The molecule has 1 amide bonds. The third kappa shape index (κ3) is 2.49. The van der Waals surface area contributed by atoms with E-state index in [4.69, 9.17) is 5.26 Å². The summed E-state index contributed by atoms with van der Waals surface area (Å²) < 4.78 is 1.65. The highest BCUT2D eigenvalue weighted by molar-refractivity contribution is 5.93. The molecule has 2 rings (SSSR count). The highest BCUT2D eigenvalue weighted by atomic mass is 16.1. The molecule has 1 aromatic carbocycles. The van der Waals surface area contributed by atoms with Gasteiger partial charge in [0.15, 0.2) is 0 Å². The Morgan fingerprint density at radius 2 is 2.24 bits per heavy atom. The van der Waals surface area contributed by atoms with Gasteiger partial charge in [-0.3, -0.25) is 4.79 Å². The average Bonchev–Trinajstić information content (AvgIpc) is 2.83. The molecular formula is C12H10N4O. The van der Waals surface area contributed by atoms with Crippen LogP contribution in [0.15, 0.2) is 42.7 Å². The van der Waals surface area contributed by atoms with Gasteiger partial charge in [0, 0.05) is 12.4 Å². The lowest BCUT2D eigenvalue weighted by Gasteiger charge is -2.09. The number of benzene rings is 1. The van der Waals surface area contributed by atoms with Gasteiger partial charge in [0.05, 0.1) is 17.4 Å². The summed E-state index contributed by atoms with van der Waals surface area (Å²) in [5.41, 5.74) is 1.40. The normalized spacial score (nSPS) is 9.59. The fraction of sp³-hybridized carbons (Fsp3) is 0.0833. The van der Waals surface area contributed by atoms with Gasteiger partial charge >= 0.3 is 0 Å². The monoisotopic (exact) mass is 226 g/mol. The van der Waals surface area contributed by atoms with Gasteiger partial charge < -0.3 is 5.32 Å². The van der Waals surface area contributed by atoms with E-state index in [0.717, 1.165) is 5.69 Å². The van der Waals surface area contributed by atoms with Crippen molar-refractivity contribution in [2.45, 2.75) is 6.42 Å². The van der Waals surface area contributed by atoms with E-state index in [1.807, 2.05) is 24.3 Å². The summed E-state index contributed by atoms with van der Waals surface area (Å²) in [5.74, 6) is -0.327. The quantitative estimate of drug-likeness (QED) is 0.866. The first-order valence-corrected chi connectivity index (χ1v) is 5.07. The first-order valence-electron chi connectivity index (χ1n) is 5.07. The topological polar surface area (TPSA) is 70.7 Å². The van der Waals surface area contributed by atoms with Gasteiger partial charge in [0.1, 0.15) is 6.42 Å². The predicted molar refractivity (Wildman–Crippen MR) is 62.4 cm³/mol. The second kappa shape index (κ2) is 4.94. The molecule has 2 aromatic rings. The van der Waals surface area contributed by atoms with Gasteiger partial charge in [0.2, 0.25) is 5.91 Å². The lowest BCUT2D eigenvalue weighted by molar-refractivity contribution is -0.115. The molecule has 5 heteroatoms. The summed E-state index contributed by atoms with van der Waals surface area (Å²) in [6.07, 6.45) is 3.29. The molecule has 0 bridgehead atoms. The number of amides is 1. The molecule has 0 aliphatic rings. The number of hydrogen-bond donors (Lipinski definition) is 1. The maximum absolute atomic E-state index is 11.4. The van der Waals surface area contributed by atoms with E-state index < -0.39 is 0 Å². The van der Waals surface area contributed by atoms with Crippen LogP contribution in [0.3, 0.4) is 0 Å². The van der Waals surface area contributed by atoms with Crippen LogP contribution in [0.4, 0.5) is 5.69 Å². The number of nitrogens with one attached hydrogen (secondary N) is 1. The highest BCUT2D eigenvalue weighted by Crippen LogP contribution is 2.18. The van der Waals surface area contributed by atoms with Crippen LogP contribution >= 0.6 is 0 Å². The summed E-state index contributed by atoms with van der Waals surface area (Å²) in [7, 11) is 0. The fourth-order valence-corrected chi connectivity index (χ4v) is 1.46. The van der Waals surface area contributed by atoms with E-state index in [1.165, 1.54) is 0 Å². The number of carbonyl (C=O) groups excluding carboxylic acids is 1. The van der Waals surface area contributed by atoms with Crippen LogP contribution in [-0.2, 0) is 4.79 Å². The maximum Gasteiger partial charge on any atom is 0.238 e. The average molecular weight is 226 g/mol. The van der Waals surface area contributed by atoms with Crippen molar-refractivity contribution in [1.82, 2.24) is 9.78 Å². The number of rotatable bonds is 3. The molecule has 0 atom stereocenters. The summed E-state index contributed by atoms with van der Waals surface area (Å²) in [4.78, 5) is 11.4. The smallest absolute Gasteiger partial charge is 0.238 e. The minimum atomic E-state index is -0.327. The number of nitriles is 1. The van der Waals surface area contributed by atoms with Crippen molar-refractivity contribution in [2.75, 3.05) is 5.32 Å². The lowest BCUT2D eigenvalue weighted by Crippen LogP contribution is -2.12. The van der Waals surface area contributed by atoms with Crippen LogP contribution in [0.1, 0.15) is 6.42 Å². The number of hydrogen-bond acceptors (Lipinski definition) is 3. The standard InChI is InChI=1S/C12H10N4O/c13-7-6-12(17)15-10-4-1-2-5-11(10)16-9-3-8-14-16/h1-5,8-9H,6H2,(H,15,17). The van der Waals surface area contributed by atoms with Crippen molar-refractivity contribution in [3.63, 3.8) is 0 Å². The zero-order valence-corrected chi connectivity index (χ0v) is 9.00. The molecule has 0 spiro atoms. The Morgan fingerprint density at radius 3 is 2.94 bits per heavy atom. The Morgan fingerprint density at radius 1 is 1.41 bits per heavy atom. The van der Waals surface area contributed by atoms with Gasteiger partial charge in [-0.2, -0.15) is 10.4 Å². The van der Waals surface area contributed by atoms with Gasteiger partial charge in [-0.25, -0.2) is 4.68 Å². The van der Waals surface area contributed by atoms with Gasteiger partial charge in [0.25, 0.3) is 0 Å². The summed E-state index contributed by atoms with van der Waals surface area (Å²) >= 11 is 0. The first kappa shape index (κ1) is 10.9. The van der Waals surface area contributed by atoms with Crippen molar-refractivity contribution in [3.8, 4) is 11.8 Å². The molecule has 0 aliphatic heterocycles. The zero-order chi connectivity index (χ0) is 12.1. The number of anilines is 1. The molecule has 0 unspecified atom stereocenters. The van der Waals surface area contributed by atoms with Gasteiger partial charge in [-0.15, -0.1) is 0 Å². The second-order valence-electron chi connectivity index (χ2n) is 3.35. The highest BCUT2D eigenvalue weighted by Gasteiger charge is 2.07. The van der Waals surface area contributed by atoms with E-state index in [9.17, 15) is 4.79 Å². The van der Waals surface area contributed by atoms with Gasteiger partial charge in [-0.1, -0.05) is 12.1 Å². The Balaban J connectivity index is 2.29. The Hall–Kier alpha value is -2.61. The minimum Gasteiger partial charge on any atom is -0.323 e. The molecule has 0 aliphatic carbocycles. The minimum absolute atomic E-state index is 0.159. The Bertz CT molecular complexity index is 554. The molecule has 0 saturated heterocycles. The van der Waals surface area contributed by atoms with Crippen molar-refractivity contribution in [3.05, 3.63) is 42.7 Å². The summed E-state index contributed by atoms with van der Waals surface area (Å²) in [6, 6.07) is 10.9. The second-order valence-corrected chi connectivity index (χ2v) is 3.35. The third-order valence-electron chi connectivity index (χ3n) is 2.17. The SMILES string of the molecule is N#CCC(=O)Nc1ccccc1-n1cccn1. The molecule has 17 heavy (non-hydrogen) atoms. The molecule has 0 fully saturated rings. The molecule has 0 radical (unpaired) electrons. The molecular weight excluding hydrogens is 216 g/mol. The van der Waals surface area contributed by atoms with Crippen molar-refractivity contribution in [1.29, 1.82) is 5.26 Å². The van der Waals surface area contributed by atoms with Crippen LogP contribution in [0.5, 0.6) is 0 Å². The van der Waals surface area contributed by atoms with Crippen LogP contribution in [-0.4, -0.2) is 15.7 Å². The lowest BCUT2D eigenvalue weighted by atomic mass is 10.2. The number of aromatic nitrogens is 2. The van der Waals surface area contributed by atoms with Crippen LogP contribution < -0.4 is 5.32 Å². The largest absolute Gasteiger partial charge is 0.323 e. The molecule has 84 valence electrons. The molecule has 5 nitrogen and oxygen atoms in total. The van der Waals surface area contributed by atoms with E-state index >= 15 is 0 Å². The molecule has 0 saturated carbocycles. The van der Waals surface area contributed by atoms with Crippen molar-refractivity contribution < 1.29 is 4.79 Å². The molecule has 1 aromatic heterocycles. The van der Waals surface area contributed by atoms with E-state index in [-0.39, 0.29) is 12.3 Å². The number of nitrogens with zero attached hydrogens (tertiary/aromatic N) is 3. The van der Waals surface area contributed by atoms with Crippen molar-refractivity contribution >= 4 is 11.6 Å². The predicted octanol–water partition coefficient (Wildman–Crippen LogP) is 1.72. The Labute approximate surface area is 98.3 Å².